The largest absolute Gasteiger partial charge is 0.444 e. The fourth-order valence-corrected chi connectivity index (χ4v) is 1.54. The van der Waals surface area contributed by atoms with Crippen LogP contribution in [-0.2, 0) is 9.53 Å². The van der Waals surface area contributed by atoms with Crippen molar-refractivity contribution in [2.24, 2.45) is 4.99 Å². The maximum Gasteiger partial charge on any atom is 0.413 e. The van der Waals surface area contributed by atoms with Gasteiger partial charge in [0.05, 0.1) is 11.1 Å². The summed E-state index contributed by atoms with van der Waals surface area (Å²) in [6, 6.07) is 4.73. The quantitative estimate of drug-likeness (QED) is 0.671. The Kier molecular flexibility index (Phi) is 3.54. The Balaban J connectivity index is 2.28. The Bertz CT molecular complexity index is 693. The SMILES string of the molecule is CC(C)(C)OC(=O)Nc1noc2ccc(N=C=O)cc12. The van der Waals surface area contributed by atoms with Crippen molar-refractivity contribution in [2.45, 2.75) is 26.4 Å². The molecule has 1 amide bonds. The van der Waals surface area contributed by atoms with Crippen LogP contribution in [-0.4, -0.2) is 22.9 Å². The molecule has 20 heavy (non-hydrogen) atoms. The molecule has 1 aromatic heterocycles. The highest BCUT2D eigenvalue weighted by atomic mass is 16.6. The highest BCUT2D eigenvalue weighted by molar-refractivity contribution is 5.97. The van der Waals surface area contributed by atoms with Crippen molar-refractivity contribution < 1.29 is 18.8 Å². The minimum absolute atomic E-state index is 0.206. The van der Waals surface area contributed by atoms with Crippen LogP contribution in [0.25, 0.3) is 11.0 Å². The summed E-state index contributed by atoms with van der Waals surface area (Å²) in [6.07, 6.45) is 0.802. The van der Waals surface area contributed by atoms with Crippen LogP contribution in [0.5, 0.6) is 0 Å². The van der Waals surface area contributed by atoms with E-state index in [4.69, 9.17) is 9.26 Å². The molecule has 0 spiro atoms. The number of benzene rings is 1. The number of nitrogens with zero attached hydrogens (tertiary/aromatic N) is 2. The van der Waals surface area contributed by atoms with Gasteiger partial charge in [0.15, 0.2) is 11.4 Å². The molecule has 0 bridgehead atoms. The second-order valence-electron chi connectivity index (χ2n) is 5.04. The maximum atomic E-state index is 11.7. The van der Waals surface area contributed by atoms with Crippen molar-refractivity contribution in [3.63, 3.8) is 0 Å². The van der Waals surface area contributed by atoms with Gasteiger partial charge in [-0.15, -0.1) is 0 Å². The van der Waals surface area contributed by atoms with Crippen molar-refractivity contribution in [2.75, 3.05) is 5.32 Å². The van der Waals surface area contributed by atoms with Crippen molar-refractivity contribution in [1.29, 1.82) is 0 Å². The zero-order chi connectivity index (χ0) is 14.8. The van der Waals surface area contributed by atoms with Crippen molar-refractivity contribution in [1.82, 2.24) is 5.16 Å². The first-order valence-corrected chi connectivity index (χ1v) is 5.86. The summed E-state index contributed by atoms with van der Waals surface area (Å²) in [6.45, 7) is 5.26. The molecule has 0 aliphatic rings. The van der Waals surface area contributed by atoms with Crippen LogP contribution >= 0.6 is 0 Å². The van der Waals surface area contributed by atoms with Gasteiger partial charge < -0.3 is 9.26 Å². The van der Waals surface area contributed by atoms with Crippen LogP contribution in [0.4, 0.5) is 16.3 Å². The van der Waals surface area contributed by atoms with E-state index in [2.05, 4.69) is 15.5 Å². The first-order valence-electron chi connectivity index (χ1n) is 5.86. The van der Waals surface area contributed by atoms with Crippen LogP contribution in [0, 0.1) is 0 Å². The topological polar surface area (TPSA) is 93.8 Å². The van der Waals surface area contributed by atoms with Gasteiger partial charge in [-0.3, -0.25) is 5.32 Å². The van der Waals surface area contributed by atoms with Gasteiger partial charge in [0, 0.05) is 0 Å². The zero-order valence-electron chi connectivity index (χ0n) is 11.3. The number of hydrogen-bond donors (Lipinski definition) is 1. The number of ether oxygens (including phenoxy) is 1. The Morgan fingerprint density at radius 3 is 2.85 bits per heavy atom. The van der Waals surface area contributed by atoms with Gasteiger partial charge in [-0.2, -0.15) is 4.99 Å². The number of nitrogens with one attached hydrogen (secondary N) is 1. The van der Waals surface area contributed by atoms with Gasteiger partial charge in [0.25, 0.3) is 0 Å². The lowest BCUT2D eigenvalue weighted by atomic mass is 10.2. The minimum Gasteiger partial charge on any atom is -0.444 e. The predicted octanol–water partition coefficient (Wildman–Crippen LogP) is 3.14. The number of rotatable bonds is 2. The summed E-state index contributed by atoms with van der Waals surface area (Å²) in [7, 11) is 0. The minimum atomic E-state index is -0.642. The molecule has 2 rings (SSSR count). The molecule has 0 saturated carbocycles. The second-order valence-corrected chi connectivity index (χ2v) is 5.04. The van der Waals surface area contributed by atoms with Crippen LogP contribution in [0.15, 0.2) is 27.7 Å². The average Bonchev–Trinajstić information content (AvgIpc) is 2.70. The predicted molar refractivity (Wildman–Crippen MR) is 71.6 cm³/mol. The molecule has 1 heterocycles. The van der Waals surface area contributed by atoms with Crippen LogP contribution in [0.1, 0.15) is 20.8 Å². The fraction of sp³-hybridized carbons (Fsp3) is 0.308. The van der Waals surface area contributed by atoms with Gasteiger partial charge in [-0.05, 0) is 39.0 Å². The van der Waals surface area contributed by atoms with E-state index in [9.17, 15) is 9.59 Å². The molecule has 2 aromatic rings. The highest BCUT2D eigenvalue weighted by Crippen LogP contribution is 2.27. The number of amides is 1. The number of carbonyl (C=O) groups excluding carboxylic acids is 2. The Hall–Kier alpha value is -2.66. The molecule has 7 nitrogen and oxygen atoms in total. The third-order valence-corrected chi connectivity index (χ3v) is 2.25. The molecular formula is C13H13N3O4. The Morgan fingerprint density at radius 2 is 2.20 bits per heavy atom. The number of isocyanates is 1. The van der Waals surface area contributed by atoms with Crippen LogP contribution in [0.3, 0.4) is 0 Å². The summed E-state index contributed by atoms with van der Waals surface area (Å²) >= 11 is 0. The fourth-order valence-electron chi connectivity index (χ4n) is 1.54. The zero-order valence-corrected chi connectivity index (χ0v) is 11.3. The summed E-state index contributed by atoms with van der Waals surface area (Å²) in [5, 5.41) is 6.74. The van der Waals surface area contributed by atoms with Crippen LogP contribution in [0.2, 0.25) is 0 Å². The van der Waals surface area contributed by atoms with E-state index in [0.717, 1.165) is 0 Å². The molecule has 7 heteroatoms. The first-order chi connectivity index (χ1) is 9.39. The molecule has 0 atom stereocenters. The van der Waals surface area contributed by atoms with Gasteiger partial charge >= 0.3 is 6.09 Å². The smallest absolute Gasteiger partial charge is 0.413 e. The van der Waals surface area contributed by atoms with Gasteiger partial charge in [0.1, 0.15) is 5.60 Å². The second kappa shape index (κ2) is 5.14. The third kappa shape index (κ3) is 3.21. The molecule has 0 aliphatic carbocycles. The molecule has 0 saturated heterocycles. The van der Waals surface area contributed by atoms with E-state index in [-0.39, 0.29) is 5.82 Å². The lowest BCUT2D eigenvalue weighted by Crippen LogP contribution is -2.27. The van der Waals surface area contributed by atoms with Crippen molar-refractivity contribution in [3.8, 4) is 0 Å². The van der Waals surface area contributed by atoms with Crippen molar-refractivity contribution in [3.05, 3.63) is 18.2 Å². The van der Waals surface area contributed by atoms with Gasteiger partial charge in [-0.25, -0.2) is 9.59 Å². The van der Waals surface area contributed by atoms with E-state index in [1.54, 1.807) is 39.0 Å². The summed E-state index contributed by atoms with van der Waals surface area (Å²) in [5.41, 5.74) is 0.236. The summed E-state index contributed by atoms with van der Waals surface area (Å²) in [4.78, 5) is 25.4. The van der Waals surface area contributed by atoms with E-state index >= 15 is 0 Å². The normalized spacial score (nSPS) is 10.9. The molecule has 0 fully saturated rings. The molecule has 0 unspecified atom stereocenters. The number of carbonyl (C=O) groups is 1. The first kappa shape index (κ1) is 13.8. The number of anilines is 1. The number of aromatic nitrogens is 1. The maximum absolute atomic E-state index is 11.7. The van der Waals surface area contributed by atoms with Crippen LogP contribution < -0.4 is 5.32 Å². The monoisotopic (exact) mass is 275 g/mol. The Labute approximate surface area is 114 Å². The average molecular weight is 275 g/mol. The molecule has 1 aromatic carbocycles. The van der Waals surface area contributed by atoms with E-state index in [1.807, 2.05) is 0 Å². The van der Waals surface area contributed by atoms with E-state index < -0.39 is 11.7 Å². The number of hydrogen-bond acceptors (Lipinski definition) is 6. The highest BCUT2D eigenvalue weighted by Gasteiger charge is 2.18. The van der Waals surface area contributed by atoms with Crippen molar-refractivity contribution >= 4 is 34.6 Å². The molecule has 104 valence electrons. The Morgan fingerprint density at radius 1 is 1.45 bits per heavy atom. The number of fused-ring (bicyclic) bond motifs is 1. The van der Waals surface area contributed by atoms with Gasteiger partial charge in [0.2, 0.25) is 6.08 Å². The third-order valence-electron chi connectivity index (χ3n) is 2.25. The standard InChI is InChI=1S/C13H13N3O4/c1-13(2,3)19-12(18)15-11-9-6-8(14-7-17)4-5-10(9)20-16-11/h4-6H,1-3H3,(H,15,16,18). The molecule has 0 aliphatic heterocycles. The van der Waals surface area contributed by atoms with E-state index in [1.165, 1.54) is 6.08 Å². The van der Waals surface area contributed by atoms with Gasteiger partial charge in [-0.1, -0.05) is 5.16 Å². The lowest BCUT2D eigenvalue weighted by molar-refractivity contribution is 0.0635. The lowest BCUT2D eigenvalue weighted by Gasteiger charge is -2.19. The molecule has 1 N–H and O–H groups in total. The molecule has 0 radical (unpaired) electrons. The molecular weight excluding hydrogens is 262 g/mol. The summed E-state index contributed by atoms with van der Waals surface area (Å²) in [5.74, 6) is 0.206. The number of aliphatic imine (C=N–C) groups is 1. The summed E-state index contributed by atoms with van der Waals surface area (Å²) < 4.78 is 10.2. The van der Waals surface area contributed by atoms with E-state index in [0.29, 0.717) is 16.7 Å².